The lowest BCUT2D eigenvalue weighted by Crippen LogP contribution is -2.31. The van der Waals surface area contributed by atoms with E-state index < -0.39 is 0 Å². The zero-order valence-corrected chi connectivity index (χ0v) is 11.3. The summed E-state index contributed by atoms with van der Waals surface area (Å²) >= 11 is 0. The predicted molar refractivity (Wildman–Crippen MR) is 72.2 cm³/mol. The second-order valence-electron chi connectivity index (χ2n) is 6.37. The molecule has 4 nitrogen and oxygen atoms in total. The van der Waals surface area contributed by atoms with Crippen molar-refractivity contribution in [3.63, 3.8) is 0 Å². The fourth-order valence-electron chi connectivity index (χ4n) is 4.99. The summed E-state index contributed by atoms with van der Waals surface area (Å²) in [6, 6.07) is 2.30. The number of pyridine rings is 1. The Kier molecular flexibility index (Phi) is 2.57. The van der Waals surface area contributed by atoms with E-state index in [9.17, 15) is 0 Å². The van der Waals surface area contributed by atoms with Gasteiger partial charge in [-0.15, -0.1) is 0 Å². The Morgan fingerprint density at radius 1 is 1.32 bits per heavy atom. The third-order valence-corrected chi connectivity index (χ3v) is 5.69. The summed E-state index contributed by atoms with van der Waals surface area (Å²) in [7, 11) is 1.68. The molecule has 3 fully saturated rings. The van der Waals surface area contributed by atoms with Crippen LogP contribution in [0.5, 0.6) is 5.75 Å². The summed E-state index contributed by atoms with van der Waals surface area (Å²) in [6.45, 7) is 0. The number of fused-ring (bicyclic) bond motifs is 5. The molecule has 0 saturated heterocycles. The Labute approximate surface area is 113 Å². The van der Waals surface area contributed by atoms with Gasteiger partial charge in [0.2, 0.25) is 0 Å². The monoisotopic (exact) mass is 259 g/mol. The molecular formula is C15H21N3O. The molecule has 1 aromatic heterocycles. The van der Waals surface area contributed by atoms with Crippen molar-refractivity contribution in [3.05, 3.63) is 24.0 Å². The Morgan fingerprint density at radius 3 is 2.68 bits per heavy atom. The van der Waals surface area contributed by atoms with Crippen molar-refractivity contribution in [3.8, 4) is 5.75 Å². The van der Waals surface area contributed by atoms with E-state index >= 15 is 0 Å². The average molecular weight is 259 g/mol. The number of hydrogen-bond acceptors (Lipinski definition) is 4. The van der Waals surface area contributed by atoms with Crippen LogP contribution < -0.4 is 16.0 Å². The topological polar surface area (TPSA) is 60.2 Å². The summed E-state index contributed by atoms with van der Waals surface area (Å²) in [6.07, 6.45) is 8.02. The van der Waals surface area contributed by atoms with Crippen molar-refractivity contribution < 1.29 is 4.74 Å². The second kappa shape index (κ2) is 4.18. The zero-order valence-electron chi connectivity index (χ0n) is 11.3. The summed E-state index contributed by atoms with van der Waals surface area (Å²) in [5, 5.41) is 0. The number of hydrazine groups is 1. The van der Waals surface area contributed by atoms with Crippen LogP contribution in [0.4, 0.5) is 0 Å². The van der Waals surface area contributed by atoms with Gasteiger partial charge in [0.1, 0.15) is 5.75 Å². The van der Waals surface area contributed by atoms with Crippen LogP contribution in [0.15, 0.2) is 18.5 Å². The largest absolute Gasteiger partial charge is 0.495 e. The lowest BCUT2D eigenvalue weighted by Gasteiger charge is -2.20. The Morgan fingerprint density at radius 2 is 2.05 bits per heavy atom. The van der Waals surface area contributed by atoms with E-state index in [4.69, 9.17) is 10.6 Å². The van der Waals surface area contributed by atoms with Gasteiger partial charge in [-0.05, 0) is 60.5 Å². The number of aromatic nitrogens is 1. The molecule has 3 saturated carbocycles. The van der Waals surface area contributed by atoms with Gasteiger partial charge >= 0.3 is 0 Å². The minimum absolute atomic E-state index is 0.237. The Balaban J connectivity index is 1.59. The summed E-state index contributed by atoms with van der Waals surface area (Å²) < 4.78 is 5.27. The zero-order chi connectivity index (χ0) is 13.0. The molecule has 3 aliphatic rings. The van der Waals surface area contributed by atoms with Crippen LogP contribution >= 0.6 is 0 Å². The van der Waals surface area contributed by atoms with Crippen LogP contribution in [0, 0.1) is 29.6 Å². The molecule has 5 unspecified atom stereocenters. The Bertz CT molecular complexity index is 476. The number of rotatable bonds is 4. The number of ether oxygens (including phenoxy) is 1. The molecule has 3 N–H and O–H groups in total. The highest BCUT2D eigenvalue weighted by Gasteiger charge is 2.66. The van der Waals surface area contributed by atoms with Gasteiger partial charge in [-0.2, -0.15) is 0 Å². The Hall–Kier alpha value is -1.13. The normalized spacial score (nSPS) is 40.0. The van der Waals surface area contributed by atoms with Gasteiger partial charge in [-0.25, -0.2) is 0 Å². The molecule has 0 aliphatic heterocycles. The molecule has 5 atom stereocenters. The average Bonchev–Trinajstić information content (AvgIpc) is 2.87. The van der Waals surface area contributed by atoms with E-state index in [1.54, 1.807) is 13.3 Å². The van der Waals surface area contributed by atoms with E-state index in [0.717, 1.165) is 29.4 Å². The molecule has 0 amide bonds. The fraction of sp³-hybridized carbons (Fsp3) is 0.667. The van der Waals surface area contributed by atoms with Crippen LogP contribution in [0.2, 0.25) is 0 Å². The molecule has 1 aromatic rings. The first kappa shape index (κ1) is 11.7. The number of hydrogen-bond donors (Lipinski definition) is 2. The molecule has 2 bridgehead atoms. The molecule has 4 rings (SSSR count). The first-order valence-corrected chi connectivity index (χ1v) is 7.28. The lowest BCUT2D eigenvalue weighted by atomic mass is 9.94. The second-order valence-corrected chi connectivity index (χ2v) is 6.37. The van der Waals surface area contributed by atoms with Crippen molar-refractivity contribution in [1.29, 1.82) is 0 Å². The fourth-order valence-corrected chi connectivity index (χ4v) is 4.99. The third-order valence-electron chi connectivity index (χ3n) is 5.69. The van der Waals surface area contributed by atoms with E-state index in [1.165, 1.54) is 24.8 Å². The number of methoxy groups -OCH3 is 1. The molecule has 1 heterocycles. The van der Waals surface area contributed by atoms with Gasteiger partial charge in [-0.3, -0.25) is 16.3 Å². The van der Waals surface area contributed by atoms with E-state index in [-0.39, 0.29) is 6.04 Å². The lowest BCUT2D eigenvalue weighted by molar-refractivity contribution is 0.370. The van der Waals surface area contributed by atoms with Crippen molar-refractivity contribution in [1.82, 2.24) is 10.4 Å². The molecule has 0 spiro atoms. The molecule has 3 aliphatic carbocycles. The maximum Gasteiger partial charge on any atom is 0.137 e. The van der Waals surface area contributed by atoms with Crippen molar-refractivity contribution in [2.45, 2.75) is 25.3 Å². The van der Waals surface area contributed by atoms with Gasteiger partial charge in [0, 0.05) is 6.20 Å². The van der Waals surface area contributed by atoms with Crippen molar-refractivity contribution in [2.24, 2.45) is 35.4 Å². The molecule has 19 heavy (non-hydrogen) atoms. The highest BCUT2D eigenvalue weighted by atomic mass is 16.5. The van der Waals surface area contributed by atoms with Gasteiger partial charge in [0.25, 0.3) is 0 Å². The van der Waals surface area contributed by atoms with Gasteiger partial charge in [-0.1, -0.05) is 0 Å². The van der Waals surface area contributed by atoms with E-state index in [1.807, 2.05) is 6.20 Å². The number of nitrogens with zero attached hydrogens (tertiary/aromatic N) is 1. The van der Waals surface area contributed by atoms with Crippen LogP contribution in [-0.2, 0) is 0 Å². The van der Waals surface area contributed by atoms with Crippen LogP contribution in [0.25, 0.3) is 0 Å². The van der Waals surface area contributed by atoms with Crippen LogP contribution in [0.1, 0.15) is 30.9 Å². The molecule has 0 aromatic carbocycles. The maximum atomic E-state index is 5.83. The summed E-state index contributed by atoms with van der Waals surface area (Å²) in [5.41, 5.74) is 4.20. The van der Waals surface area contributed by atoms with E-state index in [2.05, 4.69) is 16.5 Å². The molecule has 4 heteroatoms. The number of nitrogens with two attached hydrogens (primary N) is 1. The van der Waals surface area contributed by atoms with Crippen LogP contribution in [-0.4, -0.2) is 12.1 Å². The van der Waals surface area contributed by atoms with Crippen molar-refractivity contribution in [2.75, 3.05) is 7.11 Å². The van der Waals surface area contributed by atoms with E-state index in [0.29, 0.717) is 5.92 Å². The smallest absolute Gasteiger partial charge is 0.137 e. The maximum absolute atomic E-state index is 5.83. The van der Waals surface area contributed by atoms with Crippen molar-refractivity contribution >= 4 is 0 Å². The standard InChI is InChI=1S/C15H21N3O/c1-19-11-5-10(6-17-7-11)15(18-16)14-12-8-2-3-9(4-8)13(12)14/h5-9,12-15,18H,2-4,16H2,1H3. The quantitative estimate of drug-likeness (QED) is 0.640. The number of nitrogens with one attached hydrogen (secondary N) is 1. The highest BCUT2D eigenvalue weighted by molar-refractivity contribution is 5.29. The summed E-state index contributed by atoms with van der Waals surface area (Å²) in [5.74, 6) is 11.1. The van der Waals surface area contributed by atoms with Gasteiger partial charge in [0.05, 0.1) is 19.3 Å². The predicted octanol–water partition coefficient (Wildman–Crippen LogP) is 1.89. The SMILES string of the molecule is COc1cncc(C(NN)C2C3C4CCC(C4)C32)c1. The molecule has 0 radical (unpaired) electrons. The third kappa shape index (κ3) is 1.63. The first-order valence-electron chi connectivity index (χ1n) is 7.28. The first-order chi connectivity index (χ1) is 9.33. The molecule has 102 valence electrons. The van der Waals surface area contributed by atoms with Crippen LogP contribution in [0.3, 0.4) is 0 Å². The molecular weight excluding hydrogens is 238 g/mol. The highest BCUT2D eigenvalue weighted by Crippen LogP contribution is 2.72. The van der Waals surface area contributed by atoms with Gasteiger partial charge < -0.3 is 4.74 Å². The minimum atomic E-state index is 0.237. The summed E-state index contributed by atoms with van der Waals surface area (Å²) in [4.78, 5) is 4.26. The van der Waals surface area contributed by atoms with Gasteiger partial charge in [0.15, 0.2) is 0 Å². The minimum Gasteiger partial charge on any atom is -0.495 e.